The minimum atomic E-state index is -0.583. The first-order valence-corrected chi connectivity index (χ1v) is 11.0. The van der Waals surface area contributed by atoms with Gasteiger partial charge in [0.2, 0.25) is 0 Å². The van der Waals surface area contributed by atoms with Crippen LogP contribution in [-0.2, 0) is 17.8 Å². The van der Waals surface area contributed by atoms with E-state index < -0.39 is 11.7 Å². The fraction of sp³-hybridized carbons (Fsp3) is 0.440. The van der Waals surface area contributed by atoms with Crippen LogP contribution in [0.5, 0.6) is 0 Å². The predicted molar refractivity (Wildman–Crippen MR) is 123 cm³/mol. The Balaban J connectivity index is 1.59. The predicted octanol–water partition coefficient (Wildman–Crippen LogP) is 4.95. The van der Waals surface area contributed by atoms with E-state index in [9.17, 15) is 9.59 Å². The molecule has 1 aliphatic heterocycles. The van der Waals surface area contributed by atoms with Crippen molar-refractivity contribution in [1.82, 2.24) is 10.2 Å². The Kier molecular flexibility index (Phi) is 7.69. The van der Waals surface area contributed by atoms with Crippen LogP contribution in [0.2, 0.25) is 0 Å². The number of rotatable bonds is 6. The minimum Gasteiger partial charge on any atom is -0.444 e. The summed E-state index contributed by atoms with van der Waals surface area (Å²) in [5.41, 5.74) is 2.81. The van der Waals surface area contributed by atoms with Gasteiger partial charge in [0.1, 0.15) is 5.60 Å². The topological polar surface area (TPSA) is 70.7 Å². The van der Waals surface area contributed by atoms with Crippen LogP contribution in [0, 0.1) is 0 Å². The van der Waals surface area contributed by atoms with E-state index in [1.807, 2.05) is 6.07 Å². The van der Waals surface area contributed by atoms with Gasteiger partial charge in [-0.25, -0.2) is 4.79 Å². The normalized spacial score (nSPS) is 14.7. The summed E-state index contributed by atoms with van der Waals surface area (Å²) in [6.45, 7) is 9.07. The fourth-order valence-electron chi connectivity index (χ4n) is 3.68. The smallest absolute Gasteiger partial charge is 0.412 e. The molecule has 31 heavy (non-hydrogen) atoms. The molecule has 2 aromatic carbocycles. The van der Waals surface area contributed by atoms with Crippen molar-refractivity contribution < 1.29 is 14.3 Å². The number of ether oxygens (including phenoxy) is 1. The van der Waals surface area contributed by atoms with Crippen molar-refractivity contribution in [3.8, 4) is 0 Å². The van der Waals surface area contributed by atoms with Gasteiger partial charge in [-0.1, -0.05) is 36.8 Å². The van der Waals surface area contributed by atoms with Crippen molar-refractivity contribution in [2.45, 2.75) is 58.7 Å². The van der Waals surface area contributed by atoms with Gasteiger partial charge >= 0.3 is 6.09 Å². The molecule has 6 nitrogen and oxygen atoms in total. The molecule has 2 N–H and O–H groups in total. The zero-order valence-corrected chi connectivity index (χ0v) is 18.7. The molecule has 0 bridgehead atoms. The van der Waals surface area contributed by atoms with Crippen molar-refractivity contribution in [2.24, 2.45) is 0 Å². The molecule has 1 aliphatic rings. The SMILES string of the molecule is CC(C)(C)OC(=O)Nc1cccc(C(=O)NCc2ccccc2CN2CCCCC2)c1. The zero-order valence-electron chi connectivity index (χ0n) is 18.7. The number of carbonyl (C=O) groups is 2. The van der Waals surface area contributed by atoms with Crippen molar-refractivity contribution in [3.05, 3.63) is 65.2 Å². The summed E-state index contributed by atoms with van der Waals surface area (Å²) >= 11 is 0. The van der Waals surface area contributed by atoms with Crippen LogP contribution in [0.25, 0.3) is 0 Å². The molecule has 2 aromatic rings. The minimum absolute atomic E-state index is 0.180. The Morgan fingerprint density at radius 3 is 2.39 bits per heavy atom. The van der Waals surface area contributed by atoms with Crippen molar-refractivity contribution in [1.29, 1.82) is 0 Å². The second-order valence-corrected chi connectivity index (χ2v) is 9.00. The van der Waals surface area contributed by atoms with E-state index in [4.69, 9.17) is 4.74 Å². The van der Waals surface area contributed by atoms with Gasteiger partial charge in [0.05, 0.1) is 0 Å². The molecule has 166 valence electrons. The Morgan fingerprint density at radius 2 is 1.68 bits per heavy atom. The lowest BCUT2D eigenvalue weighted by Gasteiger charge is -2.27. The molecule has 0 saturated carbocycles. The standard InChI is InChI=1S/C25H33N3O3/c1-25(2,3)31-24(30)27-22-13-9-12-19(16-22)23(29)26-17-20-10-5-6-11-21(20)18-28-14-7-4-8-15-28/h5-6,9-13,16H,4,7-8,14-15,17-18H2,1-3H3,(H,26,29)(H,27,30). The van der Waals surface area contributed by atoms with Gasteiger partial charge in [0.15, 0.2) is 0 Å². The van der Waals surface area contributed by atoms with Crippen molar-refractivity contribution in [2.75, 3.05) is 18.4 Å². The monoisotopic (exact) mass is 423 g/mol. The third-order valence-electron chi connectivity index (χ3n) is 5.17. The molecule has 6 heteroatoms. The lowest BCUT2D eigenvalue weighted by atomic mass is 10.0. The number of nitrogens with one attached hydrogen (secondary N) is 2. The maximum atomic E-state index is 12.7. The molecular formula is C25H33N3O3. The largest absolute Gasteiger partial charge is 0.444 e. The molecule has 0 aliphatic carbocycles. The van der Waals surface area contributed by atoms with Crippen LogP contribution in [0.4, 0.5) is 10.5 Å². The highest BCUT2D eigenvalue weighted by Gasteiger charge is 2.17. The zero-order chi connectivity index (χ0) is 22.3. The Morgan fingerprint density at radius 1 is 0.968 bits per heavy atom. The Bertz CT molecular complexity index is 899. The highest BCUT2D eigenvalue weighted by Crippen LogP contribution is 2.17. The van der Waals surface area contributed by atoms with Gasteiger partial charge in [-0.05, 0) is 76.0 Å². The first kappa shape index (κ1) is 22.8. The number of hydrogen-bond acceptors (Lipinski definition) is 4. The molecule has 1 saturated heterocycles. The van der Waals surface area contributed by atoms with Gasteiger partial charge in [-0.2, -0.15) is 0 Å². The number of benzene rings is 2. The first-order chi connectivity index (χ1) is 14.8. The summed E-state index contributed by atoms with van der Waals surface area (Å²) < 4.78 is 5.27. The summed E-state index contributed by atoms with van der Waals surface area (Å²) in [6.07, 6.45) is 3.28. The van der Waals surface area contributed by atoms with Gasteiger partial charge in [0.25, 0.3) is 5.91 Å². The maximum Gasteiger partial charge on any atom is 0.412 e. The Hall–Kier alpha value is -2.86. The van der Waals surface area contributed by atoms with Gasteiger partial charge in [0, 0.05) is 24.3 Å². The van der Waals surface area contributed by atoms with Gasteiger partial charge in [-0.3, -0.25) is 15.0 Å². The van der Waals surface area contributed by atoms with E-state index in [1.165, 1.54) is 24.8 Å². The maximum absolute atomic E-state index is 12.7. The van der Waals surface area contributed by atoms with Crippen molar-refractivity contribution >= 4 is 17.7 Å². The van der Waals surface area contributed by atoms with E-state index >= 15 is 0 Å². The number of carbonyl (C=O) groups excluding carboxylic acids is 2. The molecule has 0 atom stereocenters. The molecule has 1 fully saturated rings. The molecule has 0 spiro atoms. The summed E-state index contributed by atoms with van der Waals surface area (Å²) in [5, 5.41) is 5.69. The summed E-state index contributed by atoms with van der Waals surface area (Å²) in [5.74, 6) is -0.180. The summed E-state index contributed by atoms with van der Waals surface area (Å²) in [7, 11) is 0. The molecule has 3 rings (SSSR count). The third kappa shape index (κ3) is 7.40. The van der Waals surface area contributed by atoms with Crippen LogP contribution in [0.1, 0.15) is 61.5 Å². The van der Waals surface area contributed by atoms with E-state index in [0.717, 1.165) is 25.2 Å². The van der Waals surface area contributed by atoms with Gasteiger partial charge in [-0.15, -0.1) is 0 Å². The molecule has 0 aromatic heterocycles. The quantitative estimate of drug-likeness (QED) is 0.690. The number of hydrogen-bond donors (Lipinski definition) is 2. The first-order valence-electron chi connectivity index (χ1n) is 11.0. The van der Waals surface area contributed by atoms with Crippen molar-refractivity contribution in [3.63, 3.8) is 0 Å². The molecule has 2 amide bonds. The third-order valence-corrected chi connectivity index (χ3v) is 5.17. The Labute approximate surface area is 185 Å². The number of likely N-dealkylation sites (tertiary alicyclic amines) is 1. The number of nitrogens with zero attached hydrogens (tertiary/aromatic N) is 1. The van der Waals surface area contributed by atoms with Crippen LogP contribution < -0.4 is 10.6 Å². The van der Waals surface area contributed by atoms with Gasteiger partial charge < -0.3 is 10.1 Å². The lowest BCUT2D eigenvalue weighted by molar-refractivity contribution is 0.0635. The van der Waals surface area contributed by atoms with Crippen LogP contribution in [0.3, 0.4) is 0 Å². The summed E-state index contributed by atoms with van der Waals surface area (Å²) in [6, 6.07) is 15.1. The van der Waals surface area contributed by atoms with E-state index in [0.29, 0.717) is 17.8 Å². The highest BCUT2D eigenvalue weighted by molar-refractivity contribution is 5.96. The number of anilines is 1. The lowest BCUT2D eigenvalue weighted by Crippen LogP contribution is -2.30. The molecular weight excluding hydrogens is 390 g/mol. The average Bonchev–Trinajstić information content (AvgIpc) is 2.72. The molecule has 0 unspecified atom stereocenters. The van der Waals surface area contributed by atoms with Crippen LogP contribution in [0.15, 0.2) is 48.5 Å². The highest BCUT2D eigenvalue weighted by atomic mass is 16.6. The van der Waals surface area contributed by atoms with Crippen LogP contribution >= 0.6 is 0 Å². The second-order valence-electron chi connectivity index (χ2n) is 9.00. The molecule has 1 heterocycles. The number of amides is 2. The van der Waals surface area contributed by atoms with E-state index in [1.54, 1.807) is 45.0 Å². The molecule has 0 radical (unpaired) electrons. The number of piperidine rings is 1. The fourth-order valence-corrected chi connectivity index (χ4v) is 3.68. The second kappa shape index (κ2) is 10.4. The van der Waals surface area contributed by atoms with Crippen LogP contribution in [-0.4, -0.2) is 35.6 Å². The van der Waals surface area contributed by atoms with E-state index in [2.05, 4.69) is 33.7 Å². The average molecular weight is 424 g/mol. The summed E-state index contributed by atoms with van der Waals surface area (Å²) in [4.78, 5) is 27.2. The van der Waals surface area contributed by atoms with E-state index in [-0.39, 0.29) is 5.91 Å².